The van der Waals surface area contributed by atoms with E-state index < -0.39 is 0 Å². The number of hydrogen-bond donors (Lipinski definition) is 1. The number of hydrogen-bond acceptors (Lipinski definition) is 6. The SMILES string of the molecule is CCc1ccc(-c2noc3c(=O)n(CCC(=O)NCCCN4CCCC4=O)cnc23)cc1. The van der Waals surface area contributed by atoms with Crippen molar-refractivity contribution in [1.82, 2.24) is 24.9 Å². The highest BCUT2D eigenvalue weighted by Crippen LogP contribution is 2.24. The molecule has 1 aliphatic heterocycles. The van der Waals surface area contributed by atoms with E-state index in [1.165, 1.54) is 16.5 Å². The summed E-state index contributed by atoms with van der Waals surface area (Å²) < 4.78 is 6.66. The van der Waals surface area contributed by atoms with Crippen molar-refractivity contribution in [2.45, 2.75) is 45.6 Å². The maximum Gasteiger partial charge on any atom is 0.299 e. The Morgan fingerprint density at radius 1 is 1.19 bits per heavy atom. The maximum absolute atomic E-state index is 12.7. The first-order valence-corrected chi connectivity index (χ1v) is 11.1. The predicted molar refractivity (Wildman–Crippen MR) is 119 cm³/mol. The highest BCUT2D eigenvalue weighted by Gasteiger charge is 2.19. The molecule has 3 aromatic rings. The van der Waals surface area contributed by atoms with Crippen molar-refractivity contribution in [1.29, 1.82) is 0 Å². The van der Waals surface area contributed by atoms with Crippen molar-refractivity contribution in [2.24, 2.45) is 0 Å². The number of aryl methyl sites for hydroxylation is 2. The lowest BCUT2D eigenvalue weighted by Gasteiger charge is -2.15. The van der Waals surface area contributed by atoms with E-state index in [1.54, 1.807) is 0 Å². The molecule has 168 valence electrons. The van der Waals surface area contributed by atoms with Crippen LogP contribution in [0, 0.1) is 0 Å². The summed E-state index contributed by atoms with van der Waals surface area (Å²) >= 11 is 0. The van der Waals surface area contributed by atoms with E-state index in [-0.39, 0.29) is 35.9 Å². The molecule has 0 saturated carbocycles. The summed E-state index contributed by atoms with van der Waals surface area (Å²) in [5, 5.41) is 6.88. The summed E-state index contributed by atoms with van der Waals surface area (Å²) in [6.45, 7) is 4.24. The van der Waals surface area contributed by atoms with E-state index in [4.69, 9.17) is 4.52 Å². The fraction of sp³-hybridized carbons (Fsp3) is 0.435. The maximum atomic E-state index is 12.7. The molecule has 0 bridgehead atoms. The monoisotopic (exact) mass is 437 g/mol. The summed E-state index contributed by atoms with van der Waals surface area (Å²) in [5.41, 5.74) is 2.70. The molecule has 1 fully saturated rings. The zero-order valence-corrected chi connectivity index (χ0v) is 18.2. The number of aromatic nitrogens is 3. The number of benzene rings is 1. The van der Waals surface area contributed by atoms with Crippen molar-refractivity contribution in [3.8, 4) is 11.3 Å². The number of rotatable bonds is 9. The van der Waals surface area contributed by atoms with Gasteiger partial charge < -0.3 is 14.7 Å². The quantitative estimate of drug-likeness (QED) is 0.514. The van der Waals surface area contributed by atoms with Crippen LogP contribution < -0.4 is 10.9 Å². The first-order valence-electron chi connectivity index (χ1n) is 11.1. The van der Waals surface area contributed by atoms with Gasteiger partial charge in [0.2, 0.25) is 11.8 Å². The van der Waals surface area contributed by atoms with Gasteiger partial charge in [0.1, 0.15) is 11.2 Å². The summed E-state index contributed by atoms with van der Waals surface area (Å²) in [4.78, 5) is 42.7. The molecule has 2 amide bonds. The molecule has 0 spiro atoms. The lowest BCUT2D eigenvalue weighted by atomic mass is 10.1. The first-order chi connectivity index (χ1) is 15.6. The number of amides is 2. The molecule has 1 aliphatic rings. The third-order valence-corrected chi connectivity index (χ3v) is 5.76. The molecule has 32 heavy (non-hydrogen) atoms. The second kappa shape index (κ2) is 9.76. The minimum Gasteiger partial charge on any atom is -0.356 e. The Balaban J connectivity index is 1.33. The van der Waals surface area contributed by atoms with Crippen LogP contribution >= 0.6 is 0 Å². The van der Waals surface area contributed by atoms with Crippen LogP contribution in [-0.2, 0) is 22.6 Å². The molecule has 0 unspecified atom stereocenters. The third kappa shape index (κ3) is 4.71. The molecule has 9 heteroatoms. The predicted octanol–water partition coefficient (Wildman–Crippen LogP) is 2.13. The Morgan fingerprint density at radius 3 is 2.72 bits per heavy atom. The number of carbonyl (C=O) groups excluding carboxylic acids is 2. The van der Waals surface area contributed by atoms with Crippen LogP contribution in [0.1, 0.15) is 38.2 Å². The van der Waals surface area contributed by atoms with Gasteiger partial charge in [0.15, 0.2) is 0 Å². The molecule has 2 aromatic heterocycles. The molecule has 1 aromatic carbocycles. The number of fused-ring (bicyclic) bond motifs is 1. The van der Waals surface area contributed by atoms with Crippen molar-refractivity contribution < 1.29 is 14.1 Å². The van der Waals surface area contributed by atoms with Crippen LogP contribution in [0.5, 0.6) is 0 Å². The van der Waals surface area contributed by atoms with Gasteiger partial charge in [-0.15, -0.1) is 0 Å². The number of nitrogens with one attached hydrogen (secondary N) is 1. The minimum absolute atomic E-state index is 0.0813. The first kappa shape index (κ1) is 21.7. The van der Waals surface area contributed by atoms with Crippen molar-refractivity contribution in [3.63, 3.8) is 0 Å². The van der Waals surface area contributed by atoms with Gasteiger partial charge in [-0.3, -0.25) is 19.0 Å². The lowest BCUT2D eigenvalue weighted by Crippen LogP contribution is -2.31. The minimum atomic E-state index is -0.362. The summed E-state index contributed by atoms with van der Waals surface area (Å²) in [7, 11) is 0. The van der Waals surface area contributed by atoms with Gasteiger partial charge in [0.05, 0.1) is 6.33 Å². The third-order valence-electron chi connectivity index (χ3n) is 5.76. The van der Waals surface area contributed by atoms with Crippen molar-refractivity contribution in [2.75, 3.05) is 19.6 Å². The Bertz CT molecular complexity index is 1170. The average Bonchev–Trinajstić information content (AvgIpc) is 3.43. The molecule has 4 rings (SSSR count). The van der Waals surface area contributed by atoms with Gasteiger partial charge in [-0.05, 0) is 24.8 Å². The Kier molecular flexibility index (Phi) is 6.63. The van der Waals surface area contributed by atoms with Gasteiger partial charge in [-0.2, -0.15) is 0 Å². The number of carbonyl (C=O) groups is 2. The second-order valence-corrected chi connectivity index (χ2v) is 7.94. The summed E-state index contributed by atoms with van der Waals surface area (Å²) in [6.07, 6.45) is 4.76. The molecular weight excluding hydrogens is 410 g/mol. The zero-order valence-electron chi connectivity index (χ0n) is 18.2. The normalized spacial score (nSPS) is 13.8. The Labute approximate surface area is 185 Å². The van der Waals surface area contributed by atoms with Gasteiger partial charge in [0, 0.05) is 44.6 Å². The van der Waals surface area contributed by atoms with Gasteiger partial charge in [-0.25, -0.2) is 4.98 Å². The van der Waals surface area contributed by atoms with E-state index in [9.17, 15) is 14.4 Å². The van der Waals surface area contributed by atoms with Gasteiger partial charge in [-0.1, -0.05) is 36.3 Å². The van der Waals surface area contributed by atoms with Crippen LogP contribution in [0.15, 0.2) is 39.9 Å². The van der Waals surface area contributed by atoms with Crippen molar-refractivity contribution in [3.05, 3.63) is 46.5 Å². The molecule has 1 N–H and O–H groups in total. The molecule has 1 saturated heterocycles. The molecule has 3 heterocycles. The molecule has 9 nitrogen and oxygen atoms in total. The molecule has 0 aliphatic carbocycles. The van der Waals surface area contributed by atoms with Crippen LogP contribution in [0.3, 0.4) is 0 Å². The van der Waals surface area contributed by atoms with E-state index in [0.29, 0.717) is 37.1 Å². The van der Waals surface area contributed by atoms with Crippen LogP contribution in [0.4, 0.5) is 0 Å². The van der Waals surface area contributed by atoms with E-state index in [2.05, 4.69) is 22.4 Å². The van der Waals surface area contributed by atoms with Crippen molar-refractivity contribution >= 4 is 22.9 Å². The summed E-state index contributed by atoms with van der Waals surface area (Å²) in [6, 6.07) is 7.90. The standard InChI is InChI=1S/C23H27N5O4/c1-2-16-6-8-17(9-7-16)20-21-22(32-26-20)23(31)28(15-25-21)14-10-18(29)24-11-4-13-27-12-3-5-19(27)30/h6-9,15H,2-5,10-14H2,1H3,(H,24,29). The van der Waals surface area contributed by atoms with E-state index in [0.717, 1.165) is 24.9 Å². The number of likely N-dealkylation sites (tertiary alicyclic amines) is 1. The topological polar surface area (TPSA) is 110 Å². The summed E-state index contributed by atoms with van der Waals surface area (Å²) in [5.74, 6) is 0.0335. The highest BCUT2D eigenvalue weighted by atomic mass is 16.5. The smallest absolute Gasteiger partial charge is 0.299 e. The average molecular weight is 438 g/mol. The molecule has 0 atom stereocenters. The number of nitrogens with zero attached hydrogens (tertiary/aromatic N) is 4. The van der Waals surface area contributed by atoms with E-state index in [1.807, 2.05) is 29.2 Å². The Hall–Kier alpha value is -3.49. The molecule has 0 radical (unpaired) electrons. The lowest BCUT2D eigenvalue weighted by molar-refractivity contribution is -0.127. The fourth-order valence-electron chi connectivity index (χ4n) is 3.85. The van der Waals surface area contributed by atoms with Crippen LogP contribution in [0.25, 0.3) is 22.4 Å². The highest BCUT2D eigenvalue weighted by molar-refractivity contribution is 5.87. The Morgan fingerprint density at radius 2 is 2.00 bits per heavy atom. The van der Waals surface area contributed by atoms with Crippen LogP contribution in [-0.4, -0.2) is 51.1 Å². The molecular formula is C23H27N5O4. The zero-order chi connectivity index (χ0) is 22.5. The second-order valence-electron chi connectivity index (χ2n) is 7.94. The fourth-order valence-corrected chi connectivity index (χ4v) is 3.85. The van der Waals surface area contributed by atoms with Gasteiger partial charge in [0.25, 0.3) is 11.1 Å². The largest absolute Gasteiger partial charge is 0.356 e. The van der Waals surface area contributed by atoms with Gasteiger partial charge >= 0.3 is 0 Å². The van der Waals surface area contributed by atoms with E-state index >= 15 is 0 Å². The van der Waals surface area contributed by atoms with Crippen LogP contribution in [0.2, 0.25) is 0 Å².